The molecule has 1 aromatic rings. The SMILES string of the molecule is CCCCCN(C(C)C)C(CN)c1cccc(C)c1C. The molecule has 0 aliphatic rings. The molecule has 0 aliphatic carbocycles. The van der Waals surface area contributed by atoms with Crippen LogP contribution in [0.1, 0.15) is 62.8 Å². The maximum atomic E-state index is 6.13. The Labute approximate surface area is 125 Å². The molecule has 2 nitrogen and oxygen atoms in total. The van der Waals surface area contributed by atoms with Gasteiger partial charge in [0, 0.05) is 18.6 Å². The minimum Gasteiger partial charge on any atom is -0.329 e. The Morgan fingerprint density at radius 3 is 2.40 bits per heavy atom. The van der Waals surface area contributed by atoms with E-state index in [0.717, 1.165) is 6.54 Å². The second kappa shape index (κ2) is 8.43. The first-order valence-corrected chi connectivity index (χ1v) is 8.04. The van der Waals surface area contributed by atoms with Gasteiger partial charge >= 0.3 is 0 Å². The summed E-state index contributed by atoms with van der Waals surface area (Å²) in [5.41, 5.74) is 10.3. The van der Waals surface area contributed by atoms with Gasteiger partial charge in [0.2, 0.25) is 0 Å². The highest BCUT2D eigenvalue weighted by molar-refractivity contribution is 5.35. The minimum absolute atomic E-state index is 0.340. The van der Waals surface area contributed by atoms with Gasteiger partial charge in [-0.05, 0) is 57.4 Å². The van der Waals surface area contributed by atoms with Gasteiger partial charge < -0.3 is 5.73 Å². The lowest BCUT2D eigenvalue weighted by Crippen LogP contribution is -2.39. The molecule has 2 heteroatoms. The van der Waals surface area contributed by atoms with Crippen molar-refractivity contribution in [3.8, 4) is 0 Å². The smallest absolute Gasteiger partial charge is 0.0475 e. The van der Waals surface area contributed by atoms with Crippen molar-refractivity contribution in [2.24, 2.45) is 5.73 Å². The van der Waals surface area contributed by atoms with Crippen LogP contribution in [0.25, 0.3) is 0 Å². The lowest BCUT2D eigenvalue weighted by molar-refractivity contribution is 0.153. The molecule has 0 radical (unpaired) electrons. The predicted molar refractivity (Wildman–Crippen MR) is 89.1 cm³/mol. The molecule has 0 fully saturated rings. The summed E-state index contributed by atoms with van der Waals surface area (Å²) in [4.78, 5) is 2.57. The Kier molecular flexibility index (Phi) is 7.25. The highest BCUT2D eigenvalue weighted by Crippen LogP contribution is 2.27. The van der Waals surface area contributed by atoms with Crippen molar-refractivity contribution in [1.29, 1.82) is 0 Å². The second-order valence-corrected chi connectivity index (χ2v) is 6.08. The van der Waals surface area contributed by atoms with E-state index in [1.54, 1.807) is 0 Å². The quantitative estimate of drug-likeness (QED) is 0.721. The zero-order valence-electron chi connectivity index (χ0n) is 13.9. The lowest BCUT2D eigenvalue weighted by atomic mass is 9.95. The molecule has 0 saturated carbocycles. The molecular formula is C18H32N2. The summed E-state index contributed by atoms with van der Waals surface area (Å²) >= 11 is 0. The molecule has 0 aliphatic heterocycles. The van der Waals surface area contributed by atoms with Gasteiger partial charge in [0.05, 0.1) is 0 Å². The zero-order valence-corrected chi connectivity index (χ0v) is 13.9. The average Bonchev–Trinajstić information content (AvgIpc) is 2.42. The maximum Gasteiger partial charge on any atom is 0.0475 e. The van der Waals surface area contributed by atoms with Crippen LogP contribution in [0, 0.1) is 13.8 Å². The first-order valence-electron chi connectivity index (χ1n) is 8.04. The Morgan fingerprint density at radius 1 is 1.15 bits per heavy atom. The van der Waals surface area contributed by atoms with E-state index in [0.29, 0.717) is 18.6 Å². The Bertz CT molecular complexity index is 398. The molecule has 1 unspecified atom stereocenters. The van der Waals surface area contributed by atoms with Crippen LogP contribution >= 0.6 is 0 Å². The van der Waals surface area contributed by atoms with Gasteiger partial charge in [0.1, 0.15) is 0 Å². The number of nitrogens with zero attached hydrogens (tertiary/aromatic N) is 1. The van der Waals surface area contributed by atoms with Gasteiger partial charge in [-0.25, -0.2) is 0 Å². The highest BCUT2D eigenvalue weighted by Gasteiger charge is 2.22. The van der Waals surface area contributed by atoms with E-state index >= 15 is 0 Å². The fourth-order valence-electron chi connectivity index (χ4n) is 2.89. The van der Waals surface area contributed by atoms with E-state index in [1.807, 2.05) is 0 Å². The molecule has 2 N–H and O–H groups in total. The molecule has 0 bridgehead atoms. The Hall–Kier alpha value is -0.860. The number of nitrogens with two attached hydrogens (primary N) is 1. The zero-order chi connectivity index (χ0) is 15.1. The van der Waals surface area contributed by atoms with Crippen LogP contribution in [0.5, 0.6) is 0 Å². The molecule has 1 rings (SSSR count). The van der Waals surface area contributed by atoms with E-state index in [9.17, 15) is 0 Å². The van der Waals surface area contributed by atoms with Crippen LogP contribution in [0.4, 0.5) is 0 Å². The predicted octanol–water partition coefficient (Wildman–Crippen LogP) is 4.20. The van der Waals surface area contributed by atoms with Crippen LogP contribution in [-0.4, -0.2) is 24.0 Å². The first-order chi connectivity index (χ1) is 9.52. The van der Waals surface area contributed by atoms with Crippen molar-refractivity contribution in [3.63, 3.8) is 0 Å². The molecule has 0 amide bonds. The summed E-state index contributed by atoms with van der Waals surface area (Å²) in [6.45, 7) is 13.0. The van der Waals surface area contributed by atoms with Crippen molar-refractivity contribution < 1.29 is 0 Å². The van der Waals surface area contributed by atoms with Crippen LogP contribution < -0.4 is 5.73 Å². The minimum atomic E-state index is 0.340. The molecule has 0 heterocycles. The molecular weight excluding hydrogens is 244 g/mol. The third-order valence-electron chi connectivity index (χ3n) is 4.31. The topological polar surface area (TPSA) is 29.3 Å². The summed E-state index contributed by atoms with van der Waals surface area (Å²) in [5.74, 6) is 0. The monoisotopic (exact) mass is 276 g/mol. The van der Waals surface area contributed by atoms with E-state index in [-0.39, 0.29) is 0 Å². The third-order valence-corrected chi connectivity index (χ3v) is 4.31. The summed E-state index contributed by atoms with van der Waals surface area (Å²) in [6.07, 6.45) is 3.83. The first kappa shape index (κ1) is 17.2. The van der Waals surface area contributed by atoms with Gasteiger partial charge in [-0.15, -0.1) is 0 Å². The number of hydrogen-bond acceptors (Lipinski definition) is 2. The molecule has 0 spiro atoms. The second-order valence-electron chi connectivity index (χ2n) is 6.08. The van der Waals surface area contributed by atoms with Crippen molar-refractivity contribution in [2.45, 2.75) is 66.0 Å². The maximum absolute atomic E-state index is 6.13. The molecule has 0 saturated heterocycles. The number of benzene rings is 1. The van der Waals surface area contributed by atoms with Crippen LogP contribution in [0.15, 0.2) is 18.2 Å². The van der Waals surface area contributed by atoms with Crippen molar-refractivity contribution in [3.05, 3.63) is 34.9 Å². The molecule has 1 atom stereocenters. The van der Waals surface area contributed by atoms with Gasteiger partial charge in [-0.3, -0.25) is 4.90 Å². The summed E-state index contributed by atoms with van der Waals surface area (Å²) < 4.78 is 0. The van der Waals surface area contributed by atoms with Crippen molar-refractivity contribution >= 4 is 0 Å². The fourth-order valence-corrected chi connectivity index (χ4v) is 2.89. The molecule has 0 aromatic heterocycles. The standard InChI is InChI=1S/C18H32N2/c1-6-7-8-12-20(14(2)3)18(13-19)17-11-9-10-15(4)16(17)5/h9-11,14,18H,6-8,12-13,19H2,1-5H3. The van der Waals surface area contributed by atoms with Crippen LogP contribution in [0.2, 0.25) is 0 Å². The average molecular weight is 276 g/mol. The third kappa shape index (κ3) is 4.32. The van der Waals surface area contributed by atoms with Gasteiger partial charge in [0.25, 0.3) is 0 Å². The van der Waals surface area contributed by atoms with Gasteiger partial charge in [0.15, 0.2) is 0 Å². The van der Waals surface area contributed by atoms with E-state index in [1.165, 1.54) is 36.0 Å². The molecule has 1 aromatic carbocycles. The van der Waals surface area contributed by atoms with E-state index < -0.39 is 0 Å². The van der Waals surface area contributed by atoms with E-state index in [4.69, 9.17) is 5.73 Å². The largest absolute Gasteiger partial charge is 0.329 e. The van der Waals surface area contributed by atoms with Crippen LogP contribution in [-0.2, 0) is 0 Å². The molecule has 20 heavy (non-hydrogen) atoms. The number of aryl methyl sites for hydroxylation is 1. The van der Waals surface area contributed by atoms with E-state index in [2.05, 4.69) is 57.7 Å². The number of rotatable bonds is 8. The Morgan fingerprint density at radius 2 is 1.85 bits per heavy atom. The fraction of sp³-hybridized carbons (Fsp3) is 0.667. The highest BCUT2D eigenvalue weighted by atomic mass is 15.2. The number of unbranched alkanes of at least 4 members (excludes halogenated alkanes) is 2. The lowest BCUT2D eigenvalue weighted by Gasteiger charge is -2.35. The summed E-state index contributed by atoms with van der Waals surface area (Å²) in [5, 5.41) is 0. The van der Waals surface area contributed by atoms with Crippen molar-refractivity contribution in [2.75, 3.05) is 13.1 Å². The van der Waals surface area contributed by atoms with Gasteiger partial charge in [-0.2, -0.15) is 0 Å². The van der Waals surface area contributed by atoms with Crippen LogP contribution in [0.3, 0.4) is 0 Å². The van der Waals surface area contributed by atoms with Gasteiger partial charge in [-0.1, -0.05) is 38.0 Å². The summed E-state index contributed by atoms with van der Waals surface area (Å²) in [7, 11) is 0. The summed E-state index contributed by atoms with van der Waals surface area (Å²) in [6, 6.07) is 7.45. The van der Waals surface area contributed by atoms with Crippen molar-refractivity contribution in [1.82, 2.24) is 4.90 Å². The molecule has 114 valence electrons. The number of hydrogen-bond donors (Lipinski definition) is 1. The Balaban J connectivity index is 2.97. The normalized spacial score (nSPS) is 13.2.